The number of nitrogens with one attached hydrogen (secondary N) is 2. The lowest BCUT2D eigenvalue weighted by molar-refractivity contribution is 0.0944. The van der Waals surface area contributed by atoms with Gasteiger partial charge in [0, 0.05) is 17.8 Å². The van der Waals surface area contributed by atoms with Crippen LogP contribution in [0.4, 0.5) is 5.69 Å². The number of aliphatic hydroxyl groups is 1. The van der Waals surface area contributed by atoms with Crippen LogP contribution < -0.4 is 10.0 Å². The standard InChI is InChI=1S/C20H26N2O4S/c1-3-4-5-16-7-9-17(10-8-16)22-27(25,26)18-11-6-15(2)19(14-18)20(24)21-12-13-23/h6-11,14,22-23H,3-5,12-13H2,1-2H3,(H,21,24). The SMILES string of the molecule is CCCCc1ccc(NS(=O)(=O)c2ccc(C)c(C(=O)NCCO)c2)cc1. The number of sulfonamides is 1. The fourth-order valence-electron chi connectivity index (χ4n) is 2.61. The van der Waals surface area contributed by atoms with Gasteiger partial charge in [0.15, 0.2) is 0 Å². The van der Waals surface area contributed by atoms with Crippen molar-refractivity contribution in [2.45, 2.75) is 38.0 Å². The molecule has 0 saturated carbocycles. The Balaban J connectivity index is 2.19. The number of hydrogen-bond acceptors (Lipinski definition) is 4. The molecule has 6 nitrogen and oxygen atoms in total. The van der Waals surface area contributed by atoms with Crippen molar-refractivity contribution in [3.05, 3.63) is 59.2 Å². The van der Waals surface area contributed by atoms with Gasteiger partial charge in [-0.15, -0.1) is 0 Å². The summed E-state index contributed by atoms with van der Waals surface area (Å²) >= 11 is 0. The van der Waals surface area contributed by atoms with Gasteiger partial charge in [-0.1, -0.05) is 31.5 Å². The van der Waals surface area contributed by atoms with Crippen molar-refractivity contribution in [3.8, 4) is 0 Å². The first-order chi connectivity index (χ1) is 12.9. The van der Waals surface area contributed by atoms with Gasteiger partial charge in [0.2, 0.25) is 0 Å². The highest BCUT2D eigenvalue weighted by atomic mass is 32.2. The smallest absolute Gasteiger partial charge is 0.261 e. The van der Waals surface area contributed by atoms with E-state index in [1.54, 1.807) is 25.1 Å². The van der Waals surface area contributed by atoms with Crippen molar-refractivity contribution in [1.82, 2.24) is 5.32 Å². The van der Waals surface area contributed by atoms with Gasteiger partial charge in [-0.05, 0) is 55.2 Å². The molecular weight excluding hydrogens is 364 g/mol. The van der Waals surface area contributed by atoms with Crippen LogP contribution in [-0.2, 0) is 16.4 Å². The third kappa shape index (κ3) is 5.80. The quantitative estimate of drug-likeness (QED) is 0.613. The number of benzene rings is 2. The Morgan fingerprint density at radius 2 is 1.81 bits per heavy atom. The Labute approximate surface area is 160 Å². The van der Waals surface area contributed by atoms with E-state index in [0.29, 0.717) is 11.3 Å². The Kier molecular flexibility index (Phi) is 7.38. The minimum Gasteiger partial charge on any atom is -0.395 e. The molecule has 0 bridgehead atoms. The number of carbonyl (C=O) groups is 1. The van der Waals surface area contributed by atoms with Gasteiger partial charge in [0.1, 0.15) is 0 Å². The topological polar surface area (TPSA) is 95.5 Å². The summed E-state index contributed by atoms with van der Waals surface area (Å²) in [5, 5.41) is 11.4. The summed E-state index contributed by atoms with van der Waals surface area (Å²) in [4.78, 5) is 12.2. The van der Waals surface area contributed by atoms with Crippen molar-refractivity contribution < 1.29 is 18.3 Å². The molecule has 7 heteroatoms. The molecule has 0 fully saturated rings. The zero-order valence-corrected chi connectivity index (χ0v) is 16.5. The number of aryl methyl sites for hydroxylation is 2. The molecule has 0 unspecified atom stereocenters. The van der Waals surface area contributed by atoms with Crippen molar-refractivity contribution >= 4 is 21.6 Å². The highest BCUT2D eigenvalue weighted by Gasteiger charge is 2.18. The van der Waals surface area contributed by atoms with E-state index in [0.717, 1.165) is 24.8 Å². The van der Waals surface area contributed by atoms with Crippen molar-refractivity contribution in [2.24, 2.45) is 0 Å². The molecule has 0 aliphatic rings. The Bertz CT molecular complexity index is 877. The van der Waals surface area contributed by atoms with Gasteiger partial charge >= 0.3 is 0 Å². The number of carbonyl (C=O) groups excluding carboxylic acids is 1. The number of amides is 1. The molecular formula is C20H26N2O4S. The highest BCUT2D eigenvalue weighted by Crippen LogP contribution is 2.20. The zero-order valence-electron chi connectivity index (χ0n) is 15.7. The normalized spacial score (nSPS) is 11.2. The van der Waals surface area contributed by atoms with E-state index >= 15 is 0 Å². The third-order valence-electron chi connectivity index (χ3n) is 4.19. The monoisotopic (exact) mass is 390 g/mol. The molecule has 0 heterocycles. The Morgan fingerprint density at radius 1 is 1.11 bits per heavy atom. The molecule has 2 rings (SSSR count). The van der Waals surface area contributed by atoms with Crippen LogP contribution >= 0.6 is 0 Å². The molecule has 27 heavy (non-hydrogen) atoms. The number of aliphatic hydroxyl groups excluding tert-OH is 1. The maximum Gasteiger partial charge on any atom is 0.261 e. The summed E-state index contributed by atoms with van der Waals surface area (Å²) in [6, 6.07) is 11.7. The molecule has 0 spiro atoms. The molecule has 1 amide bonds. The fraction of sp³-hybridized carbons (Fsp3) is 0.350. The number of hydrogen-bond donors (Lipinski definition) is 3. The van der Waals surface area contributed by atoms with Gasteiger partial charge in [0.05, 0.1) is 11.5 Å². The summed E-state index contributed by atoms with van der Waals surface area (Å²) in [5.74, 6) is -0.418. The minimum atomic E-state index is -3.82. The first-order valence-electron chi connectivity index (χ1n) is 8.99. The van der Waals surface area contributed by atoms with Gasteiger partial charge < -0.3 is 10.4 Å². The van der Waals surface area contributed by atoms with Gasteiger partial charge in [-0.25, -0.2) is 8.42 Å². The largest absolute Gasteiger partial charge is 0.395 e. The molecule has 2 aromatic carbocycles. The Morgan fingerprint density at radius 3 is 2.44 bits per heavy atom. The summed E-state index contributed by atoms with van der Waals surface area (Å²) in [6.07, 6.45) is 3.17. The zero-order chi connectivity index (χ0) is 19.9. The predicted molar refractivity (Wildman–Crippen MR) is 106 cm³/mol. The summed E-state index contributed by atoms with van der Waals surface area (Å²) < 4.78 is 27.9. The molecule has 3 N–H and O–H groups in total. The number of rotatable bonds is 9. The first-order valence-corrected chi connectivity index (χ1v) is 10.5. The molecule has 2 aromatic rings. The maximum atomic E-state index is 12.7. The van der Waals surface area contributed by atoms with Crippen LogP contribution in [-0.4, -0.2) is 32.6 Å². The molecule has 0 aliphatic heterocycles. The molecule has 0 atom stereocenters. The average Bonchev–Trinajstić information content (AvgIpc) is 2.65. The van der Waals surface area contributed by atoms with E-state index in [-0.39, 0.29) is 23.6 Å². The van der Waals surface area contributed by atoms with Gasteiger partial charge in [0.25, 0.3) is 15.9 Å². The van der Waals surface area contributed by atoms with Crippen molar-refractivity contribution in [2.75, 3.05) is 17.9 Å². The molecule has 0 aliphatic carbocycles. The van der Waals surface area contributed by atoms with E-state index in [9.17, 15) is 13.2 Å². The first kappa shape index (κ1) is 20.9. The summed E-state index contributed by atoms with van der Waals surface area (Å²) in [7, 11) is -3.82. The lowest BCUT2D eigenvalue weighted by Crippen LogP contribution is -2.27. The molecule has 0 saturated heterocycles. The lowest BCUT2D eigenvalue weighted by Gasteiger charge is -2.12. The average molecular weight is 391 g/mol. The molecule has 146 valence electrons. The van der Waals surface area contributed by atoms with Crippen LogP contribution in [0.3, 0.4) is 0 Å². The molecule has 0 radical (unpaired) electrons. The van der Waals surface area contributed by atoms with E-state index in [1.807, 2.05) is 12.1 Å². The van der Waals surface area contributed by atoms with E-state index in [2.05, 4.69) is 17.0 Å². The minimum absolute atomic E-state index is 0.0114. The summed E-state index contributed by atoms with van der Waals surface area (Å²) in [5.41, 5.74) is 2.56. The number of anilines is 1. The van der Waals surface area contributed by atoms with Crippen molar-refractivity contribution in [3.63, 3.8) is 0 Å². The van der Waals surface area contributed by atoms with Crippen molar-refractivity contribution in [1.29, 1.82) is 0 Å². The Hall–Kier alpha value is -2.38. The van der Waals surface area contributed by atoms with Crippen LogP contribution in [0.5, 0.6) is 0 Å². The highest BCUT2D eigenvalue weighted by molar-refractivity contribution is 7.92. The second kappa shape index (κ2) is 9.53. The second-order valence-electron chi connectivity index (χ2n) is 6.36. The van der Waals surface area contributed by atoms with Gasteiger partial charge in [-0.3, -0.25) is 9.52 Å². The van der Waals surface area contributed by atoms with Gasteiger partial charge in [-0.2, -0.15) is 0 Å². The van der Waals surface area contributed by atoms with Crippen LogP contribution in [0.1, 0.15) is 41.3 Å². The number of unbranched alkanes of at least 4 members (excludes halogenated alkanes) is 1. The molecule has 0 aromatic heterocycles. The second-order valence-corrected chi connectivity index (χ2v) is 8.04. The predicted octanol–water partition coefficient (Wildman–Crippen LogP) is 2.86. The summed E-state index contributed by atoms with van der Waals surface area (Å²) in [6.45, 7) is 3.78. The van der Waals surface area contributed by atoms with Crippen LogP contribution in [0.25, 0.3) is 0 Å². The van der Waals surface area contributed by atoms with Crippen LogP contribution in [0.15, 0.2) is 47.4 Å². The van der Waals surface area contributed by atoms with E-state index in [1.165, 1.54) is 12.1 Å². The maximum absolute atomic E-state index is 12.7. The van der Waals surface area contributed by atoms with Crippen LogP contribution in [0.2, 0.25) is 0 Å². The van der Waals surface area contributed by atoms with E-state index < -0.39 is 15.9 Å². The van der Waals surface area contributed by atoms with E-state index in [4.69, 9.17) is 5.11 Å². The van der Waals surface area contributed by atoms with Crippen LogP contribution in [0, 0.1) is 6.92 Å². The fourth-order valence-corrected chi connectivity index (χ4v) is 3.70. The lowest BCUT2D eigenvalue weighted by atomic mass is 10.1. The third-order valence-corrected chi connectivity index (χ3v) is 5.57.